The second kappa shape index (κ2) is 3.34. The van der Waals surface area contributed by atoms with Crippen LogP contribution in [0, 0.1) is 0 Å². The SMILES string of the molecule is O=C1N[C@@H]2NC(=S)N[C@@H]2N1c1ccccc1. The number of carbonyl (C=O) groups is 1. The number of thiocarbonyl (C=S) groups is 1. The number of hydrogen-bond acceptors (Lipinski definition) is 2. The fourth-order valence-electron chi connectivity index (χ4n) is 2.00. The van der Waals surface area contributed by atoms with Crippen LogP contribution in [0.3, 0.4) is 0 Å². The van der Waals surface area contributed by atoms with Crippen molar-refractivity contribution in [3.05, 3.63) is 30.3 Å². The van der Waals surface area contributed by atoms with Crippen molar-refractivity contribution in [1.29, 1.82) is 0 Å². The van der Waals surface area contributed by atoms with Crippen LogP contribution in [-0.4, -0.2) is 23.5 Å². The zero-order valence-electron chi connectivity index (χ0n) is 8.31. The summed E-state index contributed by atoms with van der Waals surface area (Å²) in [6.45, 7) is 0. The lowest BCUT2D eigenvalue weighted by atomic mass is 10.3. The lowest BCUT2D eigenvalue weighted by Crippen LogP contribution is -2.43. The fourth-order valence-corrected chi connectivity index (χ4v) is 2.25. The zero-order valence-corrected chi connectivity index (χ0v) is 9.12. The molecule has 0 aromatic heterocycles. The van der Waals surface area contributed by atoms with Crippen LogP contribution in [-0.2, 0) is 0 Å². The molecule has 0 saturated carbocycles. The molecular formula is C10H10N4OS. The highest BCUT2D eigenvalue weighted by molar-refractivity contribution is 7.80. The van der Waals surface area contributed by atoms with Gasteiger partial charge in [-0.25, -0.2) is 4.79 Å². The van der Waals surface area contributed by atoms with Crippen LogP contribution in [0.2, 0.25) is 0 Å². The highest BCUT2D eigenvalue weighted by Gasteiger charge is 2.44. The topological polar surface area (TPSA) is 56.4 Å². The molecule has 2 atom stereocenters. The van der Waals surface area contributed by atoms with Crippen LogP contribution >= 0.6 is 12.2 Å². The molecule has 16 heavy (non-hydrogen) atoms. The summed E-state index contributed by atoms with van der Waals surface area (Å²) in [6, 6.07) is 9.38. The third kappa shape index (κ3) is 1.30. The highest BCUT2D eigenvalue weighted by atomic mass is 32.1. The van der Waals surface area contributed by atoms with Crippen molar-refractivity contribution in [3.63, 3.8) is 0 Å². The first kappa shape index (κ1) is 9.41. The Bertz CT molecular complexity index is 449. The van der Waals surface area contributed by atoms with Gasteiger partial charge < -0.3 is 16.0 Å². The average Bonchev–Trinajstić information content (AvgIpc) is 2.74. The van der Waals surface area contributed by atoms with Gasteiger partial charge in [0, 0.05) is 5.69 Å². The molecule has 2 saturated heterocycles. The van der Waals surface area contributed by atoms with E-state index < -0.39 is 0 Å². The minimum Gasteiger partial charge on any atom is -0.339 e. The summed E-state index contributed by atoms with van der Waals surface area (Å²) in [4.78, 5) is 13.5. The first-order chi connectivity index (χ1) is 7.75. The summed E-state index contributed by atoms with van der Waals surface area (Å²) in [5.41, 5.74) is 0.853. The van der Waals surface area contributed by atoms with Crippen molar-refractivity contribution in [1.82, 2.24) is 16.0 Å². The van der Waals surface area contributed by atoms with Crippen LogP contribution in [0.5, 0.6) is 0 Å². The fraction of sp³-hybridized carbons (Fsp3) is 0.200. The monoisotopic (exact) mass is 234 g/mol. The van der Waals surface area contributed by atoms with Gasteiger partial charge in [-0.15, -0.1) is 0 Å². The molecule has 5 nitrogen and oxygen atoms in total. The van der Waals surface area contributed by atoms with E-state index >= 15 is 0 Å². The highest BCUT2D eigenvalue weighted by Crippen LogP contribution is 2.22. The molecule has 0 spiro atoms. The van der Waals surface area contributed by atoms with E-state index in [-0.39, 0.29) is 18.4 Å². The summed E-state index contributed by atoms with van der Waals surface area (Å²) >= 11 is 5.01. The standard InChI is InChI=1S/C10H10N4OS/c15-10-12-7-8(13-9(16)11-7)14(10)6-4-2-1-3-5-6/h1-5,7-8H,(H,12,15)(H2,11,13,16)/t7-,8+/m0/s1. The second-order valence-corrected chi connectivity index (χ2v) is 4.10. The van der Waals surface area contributed by atoms with Crippen molar-refractivity contribution in [3.8, 4) is 0 Å². The number of amides is 2. The maximum atomic E-state index is 11.8. The molecule has 0 radical (unpaired) electrons. The number of para-hydroxylation sites is 1. The van der Waals surface area contributed by atoms with E-state index in [0.29, 0.717) is 5.11 Å². The van der Waals surface area contributed by atoms with Gasteiger partial charge >= 0.3 is 6.03 Å². The summed E-state index contributed by atoms with van der Waals surface area (Å²) in [7, 11) is 0. The van der Waals surface area contributed by atoms with Gasteiger partial charge in [0.15, 0.2) is 5.11 Å². The molecule has 0 unspecified atom stereocenters. The lowest BCUT2D eigenvalue weighted by molar-refractivity contribution is 0.250. The number of benzene rings is 1. The summed E-state index contributed by atoms with van der Waals surface area (Å²) in [6.07, 6.45) is -0.303. The zero-order chi connectivity index (χ0) is 11.1. The van der Waals surface area contributed by atoms with Gasteiger partial charge in [-0.3, -0.25) is 4.90 Å². The van der Waals surface area contributed by atoms with Crippen LogP contribution in [0.1, 0.15) is 0 Å². The molecule has 0 aliphatic carbocycles. The number of fused-ring (bicyclic) bond motifs is 1. The van der Waals surface area contributed by atoms with E-state index in [9.17, 15) is 4.79 Å². The second-order valence-electron chi connectivity index (χ2n) is 3.70. The maximum absolute atomic E-state index is 11.8. The van der Waals surface area contributed by atoms with Gasteiger partial charge in [0.1, 0.15) is 12.3 Å². The van der Waals surface area contributed by atoms with Gasteiger partial charge in [0.2, 0.25) is 0 Å². The first-order valence-corrected chi connectivity index (χ1v) is 5.38. The third-order valence-electron chi connectivity index (χ3n) is 2.69. The molecule has 6 heteroatoms. The molecule has 3 rings (SSSR count). The Morgan fingerprint density at radius 2 is 1.88 bits per heavy atom. The Morgan fingerprint density at radius 3 is 2.62 bits per heavy atom. The molecule has 2 aliphatic heterocycles. The minimum atomic E-state index is -0.153. The van der Waals surface area contributed by atoms with E-state index in [1.54, 1.807) is 4.90 Å². The molecule has 1 aromatic carbocycles. The Balaban J connectivity index is 1.95. The number of hydrogen-bond donors (Lipinski definition) is 3. The molecule has 82 valence electrons. The predicted octanol–water partition coefficient (Wildman–Crippen LogP) is 0.346. The van der Waals surface area contributed by atoms with Crippen LogP contribution in [0.25, 0.3) is 0 Å². The van der Waals surface area contributed by atoms with Crippen molar-refractivity contribution in [2.24, 2.45) is 0 Å². The summed E-state index contributed by atoms with van der Waals surface area (Å²) < 4.78 is 0. The largest absolute Gasteiger partial charge is 0.339 e. The van der Waals surface area contributed by atoms with E-state index in [4.69, 9.17) is 12.2 Å². The predicted molar refractivity (Wildman–Crippen MR) is 63.9 cm³/mol. The number of nitrogens with one attached hydrogen (secondary N) is 3. The molecule has 2 aliphatic rings. The Hall–Kier alpha value is -1.82. The van der Waals surface area contributed by atoms with E-state index in [2.05, 4.69) is 16.0 Å². The number of nitrogens with zero attached hydrogens (tertiary/aromatic N) is 1. The minimum absolute atomic E-state index is 0.122. The molecule has 2 fully saturated rings. The van der Waals surface area contributed by atoms with Crippen molar-refractivity contribution in [2.45, 2.75) is 12.3 Å². The van der Waals surface area contributed by atoms with Gasteiger partial charge in [-0.05, 0) is 24.4 Å². The third-order valence-corrected chi connectivity index (χ3v) is 2.93. The Labute approximate surface area is 97.8 Å². The van der Waals surface area contributed by atoms with Crippen LogP contribution in [0.4, 0.5) is 10.5 Å². The van der Waals surface area contributed by atoms with Crippen LogP contribution < -0.4 is 20.9 Å². The smallest absolute Gasteiger partial charge is 0.325 e. The van der Waals surface area contributed by atoms with Gasteiger partial charge in [0.05, 0.1) is 0 Å². The molecule has 3 N–H and O–H groups in total. The maximum Gasteiger partial charge on any atom is 0.325 e. The van der Waals surface area contributed by atoms with Gasteiger partial charge in [-0.2, -0.15) is 0 Å². The number of rotatable bonds is 1. The molecule has 2 heterocycles. The lowest BCUT2D eigenvalue weighted by Gasteiger charge is -2.21. The normalized spacial score (nSPS) is 27.1. The van der Waals surface area contributed by atoms with Gasteiger partial charge in [-0.1, -0.05) is 18.2 Å². The van der Waals surface area contributed by atoms with Crippen molar-refractivity contribution >= 4 is 29.0 Å². The van der Waals surface area contributed by atoms with E-state index in [1.807, 2.05) is 30.3 Å². The Kier molecular flexibility index (Phi) is 1.97. The molecule has 0 bridgehead atoms. The van der Waals surface area contributed by atoms with E-state index in [1.165, 1.54) is 0 Å². The number of carbonyl (C=O) groups excluding carboxylic acids is 1. The number of urea groups is 1. The molecular weight excluding hydrogens is 224 g/mol. The van der Waals surface area contributed by atoms with Crippen molar-refractivity contribution < 1.29 is 4.79 Å². The number of anilines is 1. The average molecular weight is 234 g/mol. The summed E-state index contributed by atoms with van der Waals surface area (Å²) in [5, 5.41) is 9.44. The first-order valence-electron chi connectivity index (χ1n) is 4.97. The van der Waals surface area contributed by atoms with Crippen LogP contribution in [0.15, 0.2) is 30.3 Å². The molecule has 2 amide bonds. The van der Waals surface area contributed by atoms with E-state index in [0.717, 1.165) is 5.69 Å². The van der Waals surface area contributed by atoms with Gasteiger partial charge in [0.25, 0.3) is 0 Å². The van der Waals surface area contributed by atoms with Crippen molar-refractivity contribution in [2.75, 3.05) is 4.90 Å². The Morgan fingerprint density at radius 1 is 1.12 bits per heavy atom. The quantitative estimate of drug-likeness (QED) is 0.614. The molecule has 1 aromatic rings. The summed E-state index contributed by atoms with van der Waals surface area (Å²) in [5.74, 6) is 0.